The van der Waals surface area contributed by atoms with Crippen molar-refractivity contribution >= 4 is 41.2 Å². The number of aliphatic imine (C=N–C) groups is 1. The van der Waals surface area contributed by atoms with E-state index in [4.69, 9.17) is 17.2 Å². The van der Waals surface area contributed by atoms with Crippen molar-refractivity contribution in [1.29, 1.82) is 0 Å². The van der Waals surface area contributed by atoms with E-state index in [0.717, 1.165) is 5.56 Å². The van der Waals surface area contributed by atoms with E-state index in [-0.39, 0.29) is 24.7 Å². The van der Waals surface area contributed by atoms with Crippen LogP contribution in [-0.2, 0) is 36.8 Å². The summed E-state index contributed by atoms with van der Waals surface area (Å²) in [6.45, 7) is 2.60. The molecule has 11 N–H and O–H groups in total. The molecule has 5 amide bonds. The summed E-state index contributed by atoms with van der Waals surface area (Å²) in [5, 5.41) is 7.56. The van der Waals surface area contributed by atoms with Crippen LogP contribution in [0.5, 0.6) is 0 Å². The number of rotatable bonds is 12. The van der Waals surface area contributed by atoms with Crippen molar-refractivity contribution in [2.24, 2.45) is 27.9 Å². The van der Waals surface area contributed by atoms with Gasteiger partial charge in [-0.25, -0.2) is 4.99 Å². The molecular weight excluding hydrogens is 504 g/mol. The summed E-state index contributed by atoms with van der Waals surface area (Å²) in [7, 11) is 0. The van der Waals surface area contributed by atoms with Crippen molar-refractivity contribution in [2.45, 2.75) is 45.2 Å². The molecule has 13 nitrogen and oxygen atoms in total. The van der Waals surface area contributed by atoms with E-state index >= 15 is 0 Å². The van der Waals surface area contributed by atoms with Crippen LogP contribution >= 0.6 is 0 Å². The van der Waals surface area contributed by atoms with Gasteiger partial charge in [0.15, 0.2) is 5.96 Å². The molecule has 0 saturated heterocycles. The molecule has 13 heteroatoms. The van der Waals surface area contributed by atoms with E-state index in [1.54, 1.807) is 31.2 Å². The van der Waals surface area contributed by atoms with Crippen LogP contribution in [-0.4, -0.2) is 54.1 Å². The van der Waals surface area contributed by atoms with E-state index in [0.29, 0.717) is 17.7 Å². The SMILES string of the molecule is CC(=O)NC(Cc1cccc(N=C(N)N)c1)C(=O)NCC(=O)NC(Cc1ccccc1)C(N)=O.CCC(N)=O. The van der Waals surface area contributed by atoms with Gasteiger partial charge in [-0.05, 0) is 23.3 Å². The third kappa shape index (κ3) is 13.8. The van der Waals surface area contributed by atoms with Crippen LogP contribution in [0, 0.1) is 0 Å². The van der Waals surface area contributed by atoms with Crippen molar-refractivity contribution in [2.75, 3.05) is 6.54 Å². The maximum absolute atomic E-state index is 12.7. The Hall–Kier alpha value is -4.94. The molecule has 0 fully saturated rings. The lowest BCUT2D eigenvalue weighted by Gasteiger charge is -2.19. The molecule has 0 aromatic heterocycles. The molecule has 2 aromatic rings. The first-order valence-corrected chi connectivity index (χ1v) is 12.1. The van der Waals surface area contributed by atoms with Crippen LogP contribution in [0.1, 0.15) is 31.4 Å². The van der Waals surface area contributed by atoms with E-state index in [9.17, 15) is 24.0 Å². The number of hydrogen-bond donors (Lipinski definition) is 7. The molecule has 0 saturated carbocycles. The van der Waals surface area contributed by atoms with Gasteiger partial charge in [-0.1, -0.05) is 49.4 Å². The number of carbonyl (C=O) groups excluding carboxylic acids is 5. The Kier molecular flexibility index (Phi) is 13.8. The number of amides is 5. The van der Waals surface area contributed by atoms with Gasteiger partial charge in [0.25, 0.3) is 0 Å². The highest BCUT2D eigenvalue weighted by molar-refractivity contribution is 5.92. The Bertz CT molecular complexity index is 1170. The fourth-order valence-electron chi connectivity index (χ4n) is 3.20. The Morgan fingerprint density at radius 1 is 0.821 bits per heavy atom. The number of nitrogens with zero attached hydrogens (tertiary/aromatic N) is 1. The zero-order valence-corrected chi connectivity index (χ0v) is 22.0. The van der Waals surface area contributed by atoms with Crippen molar-refractivity contribution in [3.8, 4) is 0 Å². The second-order valence-electron chi connectivity index (χ2n) is 8.41. The number of nitrogens with one attached hydrogen (secondary N) is 3. The third-order valence-electron chi connectivity index (χ3n) is 5.04. The van der Waals surface area contributed by atoms with Crippen LogP contribution in [0.2, 0.25) is 0 Å². The van der Waals surface area contributed by atoms with Crippen molar-refractivity contribution < 1.29 is 24.0 Å². The number of carbonyl (C=O) groups is 5. The molecular formula is C26H36N8O5. The van der Waals surface area contributed by atoms with Crippen LogP contribution in [0.25, 0.3) is 0 Å². The minimum Gasteiger partial charge on any atom is -0.370 e. The number of nitrogens with two attached hydrogens (primary N) is 4. The molecule has 2 rings (SSSR count). The van der Waals surface area contributed by atoms with Gasteiger partial charge in [-0.3, -0.25) is 24.0 Å². The van der Waals surface area contributed by atoms with Crippen molar-refractivity contribution in [1.82, 2.24) is 16.0 Å². The van der Waals surface area contributed by atoms with Gasteiger partial charge in [-0.2, -0.15) is 0 Å². The molecule has 0 spiro atoms. The van der Waals surface area contributed by atoms with E-state index in [1.165, 1.54) is 6.92 Å². The molecule has 0 aliphatic carbocycles. The molecule has 210 valence electrons. The zero-order valence-electron chi connectivity index (χ0n) is 22.0. The highest BCUT2D eigenvalue weighted by atomic mass is 16.2. The van der Waals surface area contributed by atoms with Gasteiger partial charge in [0.2, 0.25) is 29.5 Å². The predicted molar refractivity (Wildman–Crippen MR) is 147 cm³/mol. The molecule has 39 heavy (non-hydrogen) atoms. The number of primary amides is 2. The summed E-state index contributed by atoms with van der Waals surface area (Å²) in [5.74, 6) is -2.63. The van der Waals surface area contributed by atoms with Crippen LogP contribution in [0.4, 0.5) is 5.69 Å². The molecule has 2 atom stereocenters. The lowest BCUT2D eigenvalue weighted by atomic mass is 10.0. The summed E-state index contributed by atoms with van der Waals surface area (Å²) in [5.41, 5.74) is 22.9. The Balaban J connectivity index is 0.00000139. The average molecular weight is 541 g/mol. The highest BCUT2D eigenvalue weighted by Gasteiger charge is 2.22. The summed E-state index contributed by atoms with van der Waals surface area (Å²) in [4.78, 5) is 62.0. The quantitative estimate of drug-likeness (QED) is 0.129. The summed E-state index contributed by atoms with van der Waals surface area (Å²) in [6.07, 6.45) is 0.801. The van der Waals surface area contributed by atoms with Gasteiger partial charge >= 0.3 is 0 Å². The Labute approximate surface area is 226 Å². The topological polar surface area (TPSA) is 238 Å². The molecule has 2 unspecified atom stereocenters. The molecule has 0 aliphatic rings. The van der Waals surface area contributed by atoms with Gasteiger partial charge in [0.05, 0.1) is 12.2 Å². The molecule has 0 aliphatic heterocycles. The fraction of sp³-hybridized carbons (Fsp3) is 0.308. The van der Waals surface area contributed by atoms with Gasteiger partial charge < -0.3 is 38.9 Å². The molecule has 2 aromatic carbocycles. The third-order valence-corrected chi connectivity index (χ3v) is 5.04. The standard InChI is InChI=1S/C23H29N7O4.C3H7NO/c1-14(31)28-19(12-16-8-5-9-17(10-16)29-23(25)26)22(34)27-13-20(32)30-18(21(24)33)11-15-6-3-2-4-7-15;1-2-3(4)5/h2-10,18-19H,11-13H2,1H3,(H2,24,33)(H,27,34)(H,28,31)(H,30,32)(H4,25,26,29);2H2,1H3,(H2,4,5). The lowest BCUT2D eigenvalue weighted by Crippen LogP contribution is -2.52. The van der Waals surface area contributed by atoms with E-state index in [1.807, 2.05) is 30.3 Å². The van der Waals surface area contributed by atoms with E-state index in [2.05, 4.69) is 26.7 Å². The van der Waals surface area contributed by atoms with Gasteiger partial charge in [0.1, 0.15) is 12.1 Å². The van der Waals surface area contributed by atoms with Crippen LogP contribution < -0.4 is 38.9 Å². The van der Waals surface area contributed by atoms with E-state index < -0.39 is 42.3 Å². The normalized spacial score (nSPS) is 11.4. The zero-order chi connectivity index (χ0) is 29.4. The molecule has 0 bridgehead atoms. The summed E-state index contributed by atoms with van der Waals surface area (Å²) < 4.78 is 0. The maximum atomic E-state index is 12.7. The largest absolute Gasteiger partial charge is 0.370 e. The lowest BCUT2D eigenvalue weighted by molar-refractivity contribution is -0.130. The average Bonchev–Trinajstić information content (AvgIpc) is 2.87. The highest BCUT2D eigenvalue weighted by Crippen LogP contribution is 2.15. The minimum atomic E-state index is -0.948. The van der Waals surface area contributed by atoms with Crippen LogP contribution in [0.3, 0.4) is 0 Å². The first-order valence-electron chi connectivity index (χ1n) is 12.1. The number of hydrogen-bond acceptors (Lipinski definition) is 6. The van der Waals surface area contributed by atoms with Crippen molar-refractivity contribution in [3.63, 3.8) is 0 Å². The van der Waals surface area contributed by atoms with Gasteiger partial charge in [0, 0.05) is 26.2 Å². The summed E-state index contributed by atoms with van der Waals surface area (Å²) >= 11 is 0. The smallest absolute Gasteiger partial charge is 0.243 e. The molecule has 0 radical (unpaired) electrons. The monoisotopic (exact) mass is 540 g/mol. The molecule has 0 heterocycles. The second kappa shape index (κ2) is 16.7. The Morgan fingerprint density at radius 2 is 1.41 bits per heavy atom. The first kappa shape index (κ1) is 32.1. The van der Waals surface area contributed by atoms with Gasteiger partial charge in [-0.15, -0.1) is 0 Å². The first-order chi connectivity index (χ1) is 18.4. The minimum absolute atomic E-state index is 0.110. The van der Waals surface area contributed by atoms with Crippen molar-refractivity contribution in [3.05, 3.63) is 65.7 Å². The van der Waals surface area contributed by atoms with Crippen LogP contribution in [0.15, 0.2) is 59.6 Å². The maximum Gasteiger partial charge on any atom is 0.243 e. The number of benzene rings is 2. The Morgan fingerprint density at radius 3 is 1.95 bits per heavy atom. The fourth-order valence-corrected chi connectivity index (χ4v) is 3.20. The second-order valence-corrected chi connectivity index (χ2v) is 8.41. The summed E-state index contributed by atoms with van der Waals surface area (Å²) in [6, 6.07) is 14.0. The predicted octanol–water partition coefficient (Wildman–Crippen LogP) is -1.15. The number of guanidine groups is 1.